The maximum Gasteiger partial charge on any atom is 0.237 e. The molecule has 0 radical (unpaired) electrons. The largest absolute Gasteiger partial charge is 0.348 e. The number of amides is 1. The lowest BCUT2D eigenvalue weighted by Gasteiger charge is -2.16. The van der Waals surface area contributed by atoms with Crippen molar-refractivity contribution in [3.63, 3.8) is 0 Å². The van der Waals surface area contributed by atoms with Crippen molar-refractivity contribution in [2.45, 2.75) is 32.4 Å². The van der Waals surface area contributed by atoms with Crippen LogP contribution in [0.1, 0.15) is 31.9 Å². The smallest absolute Gasteiger partial charge is 0.237 e. The van der Waals surface area contributed by atoms with E-state index in [4.69, 9.17) is 5.73 Å². The minimum absolute atomic E-state index is 0.0520. The van der Waals surface area contributed by atoms with E-state index in [0.29, 0.717) is 6.42 Å². The minimum Gasteiger partial charge on any atom is -0.348 e. The van der Waals surface area contributed by atoms with Crippen molar-refractivity contribution >= 4 is 5.91 Å². The standard InChI is InChI=1S/C11H17N3O/c1-3-10(12)11(15)14-8(2)9-5-4-6-13-7-9/h4-8,10H,3,12H2,1-2H3,(H,14,15). The van der Waals surface area contributed by atoms with Crippen molar-refractivity contribution in [3.05, 3.63) is 30.1 Å². The van der Waals surface area contributed by atoms with E-state index in [-0.39, 0.29) is 11.9 Å². The number of rotatable bonds is 4. The minimum atomic E-state index is -0.427. The molecule has 1 aromatic rings. The topological polar surface area (TPSA) is 68.0 Å². The fourth-order valence-corrected chi connectivity index (χ4v) is 1.22. The average molecular weight is 207 g/mol. The predicted octanol–water partition coefficient (Wildman–Crippen LogP) is 0.996. The van der Waals surface area contributed by atoms with Gasteiger partial charge in [0.1, 0.15) is 0 Å². The highest BCUT2D eigenvalue weighted by atomic mass is 16.2. The Morgan fingerprint density at radius 2 is 2.40 bits per heavy atom. The first-order valence-electron chi connectivity index (χ1n) is 5.11. The molecule has 82 valence electrons. The van der Waals surface area contributed by atoms with Crippen LogP contribution in [0.25, 0.3) is 0 Å². The molecular formula is C11H17N3O. The molecule has 0 aliphatic heterocycles. The van der Waals surface area contributed by atoms with Gasteiger partial charge in [-0.2, -0.15) is 0 Å². The molecule has 0 saturated heterocycles. The summed E-state index contributed by atoms with van der Waals surface area (Å²) in [6, 6.07) is 3.29. The van der Waals surface area contributed by atoms with Crippen LogP contribution >= 0.6 is 0 Å². The van der Waals surface area contributed by atoms with Gasteiger partial charge < -0.3 is 11.1 Å². The summed E-state index contributed by atoms with van der Waals surface area (Å²) in [7, 11) is 0. The molecule has 0 saturated carbocycles. The Kier molecular flexibility index (Phi) is 4.24. The molecule has 2 unspecified atom stereocenters. The van der Waals surface area contributed by atoms with Crippen LogP contribution in [0, 0.1) is 0 Å². The monoisotopic (exact) mass is 207 g/mol. The highest BCUT2D eigenvalue weighted by molar-refractivity contribution is 5.81. The van der Waals surface area contributed by atoms with E-state index in [2.05, 4.69) is 10.3 Å². The fraction of sp³-hybridized carbons (Fsp3) is 0.455. The summed E-state index contributed by atoms with van der Waals surface area (Å²) < 4.78 is 0. The number of nitrogens with zero attached hydrogens (tertiary/aromatic N) is 1. The molecule has 0 bridgehead atoms. The molecule has 0 fully saturated rings. The summed E-state index contributed by atoms with van der Waals surface area (Å²) >= 11 is 0. The molecule has 0 aromatic carbocycles. The van der Waals surface area contributed by atoms with Crippen LogP contribution < -0.4 is 11.1 Å². The third kappa shape index (κ3) is 3.32. The summed E-state index contributed by atoms with van der Waals surface area (Å²) in [5.41, 5.74) is 6.60. The molecule has 0 spiro atoms. The van der Waals surface area contributed by atoms with Crippen molar-refractivity contribution in [1.29, 1.82) is 0 Å². The van der Waals surface area contributed by atoms with Crippen molar-refractivity contribution in [2.75, 3.05) is 0 Å². The molecule has 0 aliphatic rings. The Balaban J connectivity index is 2.56. The molecule has 1 aromatic heterocycles. The van der Waals surface area contributed by atoms with E-state index in [1.807, 2.05) is 26.0 Å². The van der Waals surface area contributed by atoms with Gasteiger partial charge in [0.05, 0.1) is 12.1 Å². The molecule has 3 N–H and O–H groups in total. The third-order valence-corrected chi connectivity index (χ3v) is 2.32. The first-order chi connectivity index (χ1) is 7.15. The second kappa shape index (κ2) is 5.46. The van der Waals surface area contributed by atoms with Gasteiger partial charge in [0.2, 0.25) is 5.91 Å². The van der Waals surface area contributed by atoms with Gasteiger partial charge in [-0.3, -0.25) is 9.78 Å². The lowest BCUT2D eigenvalue weighted by atomic mass is 10.1. The van der Waals surface area contributed by atoms with Gasteiger partial charge in [-0.1, -0.05) is 13.0 Å². The van der Waals surface area contributed by atoms with Gasteiger partial charge in [-0.15, -0.1) is 0 Å². The van der Waals surface area contributed by atoms with Crippen LogP contribution in [-0.4, -0.2) is 16.9 Å². The van der Waals surface area contributed by atoms with Gasteiger partial charge >= 0.3 is 0 Å². The number of pyridine rings is 1. The van der Waals surface area contributed by atoms with Gasteiger partial charge in [0.25, 0.3) is 0 Å². The van der Waals surface area contributed by atoms with E-state index in [9.17, 15) is 4.79 Å². The molecule has 1 rings (SSSR count). The number of hydrogen-bond donors (Lipinski definition) is 2. The highest BCUT2D eigenvalue weighted by Gasteiger charge is 2.14. The number of nitrogens with two attached hydrogens (primary N) is 1. The van der Waals surface area contributed by atoms with Gasteiger partial charge in [0, 0.05) is 12.4 Å². The van der Waals surface area contributed by atoms with E-state index in [0.717, 1.165) is 5.56 Å². The molecule has 1 heterocycles. The lowest BCUT2D eigenvalue weighted by molar-refractivity contribution is -0.123. The van der Waals surface area contributed by atoms with Crippen molar-refractivity contribution in [3.8, 4) is 0 Å². The zero-order valence-electron chi connectivity index (χ0n) is 9.10. The zero-order valence-corrected chi connectivity index (χ0v) is 9.10. The quantitative estimate of drug-likeness (QED) is 0.773. The molecule has 1 amide bonds. The highest BCUT2D eigenvalue weighted by Crippen LogP contribution is 2.09. The van der Waals surface area contributed by atoms with Crippen LogP contribution in [0.5, 0.6) is 0 Å². The summed E-state index contributed by atoms with van der Waals surface area (Å²) in [5.74, 6) is -0.117. The van der Waals surface area contributed by atoms with E-state index in [1.165, 1.54) is 0 Å². The normalized spacial score (nSPS) is 14.3. The van der Waals surface area contributed by atoms with Gasteiger partial charge in [-0.25, -0.2) is 0 Å². The molecule has 4 nitrogen and oxygen atoms in total. The van der Waals surface area contributed by atoms with Crippen LogP contribution in [0.4, 0.5) is 0 Å². The SMILES string of the molecule is CCC(N)C(=O)NC(C)c1cccnc1. The Labute approximate surface area is 89.9 Å². The maximum atomic E-state index is 11.5. The maximum absolute atomic E-state index is 11.5. The summed E-state index contributed by atoms with van der Waals surface area (Å²) in [6.07, 6.45) is 4.09. The zero-order chi connectivity index (χ0) is 11.3. The molecule has 4 heteroatoms. The molecule has 2 atom stereocenters. The second-order valence-corrected chi connectivity index (χ2v) is 3.53. The number of carbonyl (C=O) groups excluding carboxylic acids is 1. The molecule has 0 aliphatic carbocycles. The summed E-state index contributed by atoms with van der Waals surface area (Å²) in [4.78, 5) is 15.5. The van der Waals surface area contributed by atoms with Crippen LogP contribution in [0.3, 0.4) is 0 Å². The Morgan fingerprint density at radius 1 is 1.67 bits per heavy atom. The molecular weight excluding hydrogens is 190 g/mol. The summed E-state index contributed by atoms with van der Waals surface area (Å²) in [5, 5.41) is 2.84. The summed E-state index contributed by atoms with van der Waals surface area (Å²) in [6.45, 7) is 3.80. The molecule has 15 heavy (non-hydrogen) atoms. The fourth-order valence-electron chi connectivity index (χ4n) is 1.22. The van der Waals surface area contributed by atoms with E-state index < -0.39 is 6.04 Å². The Morgan fingerprint density at radius 3 is 2.93 bits per heavy atom. The van der Waals surface area contributed by atoms with Crippen molar-refractivity contribution in [2.24, 2.45) is 5.73 Å². The Bertz CT molecular complexity index is 313. The number of carbonyl (C=O) groups is 1. The first kappa shape index (κ1) is 11.7. The lowest BCUT2D eigenvalue weighted by Crippen LogP contribution is -2.41. The average Bonchev–Trinajstić information content (AvgIpc) is 2.29. The van der Waals surface area contributed by atoms with Crippen LogP contribution in [0.15, 0.2) is 24.5 Å². The van der Waals surface area contributed by atoms with Gasteiger partial charge in [0.15, 0.2) is 0 Å². The second-order valence-electron chi connectivity index (χ2n) is 3.53. The number of nitrogens with one attached hydrogen (secondary N) is 1. The van der Waals surface area contributed by atoms with E-state index in [1.54, 1.807) is 12.4 Å². The number of aromatic nitrogens is 1. The van der Waals surface area contributed by atoms with Gasteiger partial charge in [-0.05, 0) is 25.0 Å². The third-order valence-electron chi connectivity index (χ3n) is 2.32. The predicted molar refractivity (Wildman–Crippen MR) is 59.1 cm³/mol. The number of hydrogen-bond acceptors (Lipinski definition) is 3. The van der Waals surface area contributed by atoms with Crippen LogP contribution in [-0.2, 0) is 4.79 Å². The van der Waals surface area contributed by atoms with Crippen molar-refractivity contribution < 1.29 is 4.79 Å². The Hall–Kier alpha value is -1.42. The first-order valence-corrected chi connectivity index (χ1v) is 5.11. The van der Waals surface area contributed by atoms with Crippen LogP contribution in [0.2, 0.25) is 0 Å². The van der Waals surface area contributed by atoms with Crippen molar-refractivity contribution in [1.82, 2.24) is 10.3 Å². The van der Waals surface area contributed by atoms with E-state index >= 15 is 0 Å².